The number of hydrogen-bond donors (Lipinski definition) is 2. The van der Waals surface area contributed by atoms with E-state index in [2.05, 4.69) is 24.1 Å². The van der Waals surface area contributed by atoms with Gasteiger partial charge in [0.05, 0.1) is 6.04 Å². The number of hydrogen-bond acceptors (Lipinski definition) is 4. The van der Waals surface area contributed by atoms with Crippen LogP contribution in [0, 0.1) is 11.8 Å². The fraction of sp³-hybridized carbons (Fsp3) is 0.692. The van der Waals surface area contributed by atoms with Crippen LogP contribution >= 0.6 is 0 Å². The summed E-state index contributed by atoms with van der Waals surface area (Å²) in [7, 11) is 0. The molecule has 0 aliphatic rings. The van der Waals surface area contributed by atoms with E-state index in [9.17, 15) is 4.79 Å². The van der Waals surface area contributed by atoms with Crippen LogP contribution in [0.2, 0.25) is 0 Å². The Labute approximate surface area is 108 Å². The average molecular weight is 253 g/mol. The van der Waals surface area contributed by atoms with Gasteiger partial charge in [-0.25, -0.2) is 4.98 Å². The third-order valence-corrected chi connectivity index (χ3v) is 2.47. The molecule has 0 aromatic carbocycles. The second-order valence-corrected chi connectivity index (χ2v) is 5.41. The van der Waals surface area contributed by atoms with Crippen molar-refractivity contribution in [3.05, 3.63) is 17.8 Å². The molecule has 0 aliphatic heterocycles. The van der Waals surface area contributed by atoms with Crippen LogP contribution in [-0.2, 0) is 0 Å². The second-order valence-electron chi connectivity index (χ2n) is 5.41. The van der Waals surface area contributed by atoms with Gasteiger partial charge in [0, 0.05) is 6.54 Å². The van der Waals surface area contributed by atoms with Gasteiger partial charge in [-0.1, -0.05) is 27.7 Å². The number of rotatable bonds is 6. The van der Waals surface area contributed by atoms with E-state index in [1.54, 1.807) is 0 Å². The van der Waals surface area contributed by atoms with Gasteiger partial charge in [-0.3, -0.25) is 4.79 Å². The molecular weight excluding hydrogens is 230 g/mol. The highest BCUT2D eigenvalue weighted by Crippen LogP contribution is 2.18. The Balaban J connectivity index is 2.59. The van der Waals surface area contributed by atoms with Crippen LogP contribution in [0.15, 0.2) is 10.7 Å². The van der Waals surface area contributed by atoms with Gasteiger partial charge >= 0.3 is 0 Å². The first-order chi connectivity index (χ1) is 8.40. The van der Waals surface area contributed by atoms with Crippen molar-refractivity contribution < 1.29 is 9.21 Å². The monoisotopic (exact) mass is 253 g/mol. The Bertz CT molecular complexity index is 385. The lowest BCUT2D eigenvalue weighted by molar-refractivity contribution is 0.0944. The van der Waals surface area contributed by atoms with Crippen molar-refractivity contribution in [2.75, 3.05) is 6.54 Å². The molecule has 1 aromatic heterocycles. The molecule has 1 rings (SSSR count). The van der Waals surface area contributed by atoms with Gasteiger partial charge in [-0.2, -0.15) is 0 Å². The fourth-order valence-corrected chi connectivity index (χ4v) is 1.56. The summed E-state index contributed by atoms with van der Waals surface area (Å²) in [4.78, 5) is 15.9. The smallest absolute Gasteiger partial charge is 0.273 e. The zero-order valence-corrected chi connectivity index (χ0v) is 11.6. The summed E-state index contributed by atoms with van der Waals surface area (Å²) < 4.78 is 5.26. The minimum atomic E-state index is -0.253. The fourth-order valence-electron chi connectivity index (χ4n) is 1.56. The molecule has 1 unspecified atom stereocenters. The Morgan fingerprint density at radius 2 is 2.06 bits per heavy atom. The molecule has 18 heavy (non-hydrogen) atoms. The number of oxazole rings is 1. The van der Waals surface area contributed by atoms with Gasteiger partial charge in [0.25, 0.3) is 5.91 Å². The van der Waals surface area contributed by atoms with Gasteiger partial charge in [-0.15, -0.1) is 0 Å². The average Bonchev–Trinajstić information content (AvgIpc) is 2.74. The Kier molecular flexibility index (Phi) is 5.34. The summed E-state index contributed by atoms with van der Waals surface area (Å²) in [5, 5.41) is 2.79. The topological polar surface area (TPSA) is 81.2 Å². The lowest BCUT2D eigenvalue weighted by Crippen LogP contribution is -2.27. The highest BCUT2D eigenvalue weighted by Gasteiger charge is 2.17. The molecule has 0 aliphatic carbocycles. The molecule has 0 saturated carbocycles. The molecule has 0 radical (unpaired) electrons. The zero-order chi connectivity index (χ0) is 13.7. The van der Waals surface area contributed by atoms with Gasteiger partial charge in [0.1, 0.15) is 6.26 Å². The molecule has 102 valence electrons. The van der Waals surface area contributed by atoms with Gasteiger partial charge in [-0.05, 0) is 18.3 Å². The standard InChI is InChI=1S/C13H23N3O2/c1-8(2)5-10(14)13-16-11(7-18-13)12(17)15-6-9(3)4/h7-10H,5-6,14H2,1-4H3,(H,15,17). The second kappa shape index (κ2) is 6.54. The molecule has 5 nitrogen and oxygen atoms in total. The first-order valence-electron chi connectivity index (χ1n) is 6.39. The van der Waals surface area contributed by atoms with E-state index in [0.717, 1.165) is 6.42 Å². The minimum absolute atomic E-state index is 0.213. The summed E-state index contributed by atoms with van der Waals surface area (Å²) in [6.07, 6.45) is 2.15. The van der Waals surface area contributed by atoms with Crippen molar-refractivity contribution >= 4 is 5.91 Å². The minimum Gasteiger partial charge on any atom is -0.446 e. The van der Waals surface area contributed by atoms with Crippen LogP contribution in [0.3, 0.4) is 0 Å². The lowest BCUT2D eigenvalue weighted by Gasteiger charge is -2.09. The predicted octanol–water partition coefficient (Wildman–Crippen LogP) is 2.11. The van der Waals surface area contributed by atoms with Gasteiger partial charge in [0.2, 0.25) is 5.89 Å². The van der Waals surface area contributed by atoms with Crippen LogP contribution in [0.4, 0.5) is 0 Å². The Morgan fingerprint density at radius 1 is 1.39 bits per heavy atom. The van der Waals surface area contributed by atoms with Crippen molar-refractivity contribution in [3.8, 4) is 0 Å². The van der Waals surface area contributed by atoms with E-state index < -0.39 is 0 Å². The van der Waals surface area contributed by atoms with Crippen LogP contribution < -0.4 is 11.1 Å². The van der Waals surface area contributed by atoms with Crippen LogP contribution in [0.5, 0.6) is 0 Å². The zero-order valence-electron chi connectivity index (χ0n) is 11.6. The molecule has 3 N–H and O–H groups in total. The highest BCUT2D eigenvalue weighted by molar-refractivity contribution is 5.91. The molecule has 1 amide bonds. The number of carbonyl (C=O) groups excluding carboxylic acids is 1. The molecule has 0 fully saturated rings. The summed E-state index contributed by atoms with van der Waals surface area (Å²) in [6, 6.07) is -0.253. The van der Waals surface area contributed by atoms with E-state index in [0.29, 0.717) is 30.0 Å². The quantitative estimate of drug-likeness (QED) is 0.813. The van der Waals surface area contributed by atoms with Crippen LogP contribution in [0.25, 0.3) is 0 Å². The van der Waals surface area contributed by atoms with E-state index in [-0.39, 0.29) is 11.9 Å². The number of nitrogens with one attached hydrogen (secondary N) is 1. The maximum absolute atomic E-state index is 11.7. The first kappa shape index (κ1) is 14.7. The number of nitrogens with two attached hydrogens (primary N) is 1. The molecule has 0 spiro atoms. The van der Waals surface area contributed by atoms with Crippen molar-refractivity contribution in [3.63, 3.8) is 0 Å². The molecule has 1 heterocycles. The maximum Gasteiger partial charge on any atom is 0.273 e. The Hall–Kier alpha value is -1.36. The van der Waals surface area contributed by atoms with Crippen molar-refractivity contribution in [1.82, 2.24) is 10.3 Å². The third kappa shape index (κ3) is 4.49. The van der Waals surface area contributed by atoms with Gasteiger partial charge < -0.3 is 15.5 Å². The number of carbonyl (C=O) groups is 1. The van der Waals surface area contributed by atoms with Crippen LogP contribution in [0.1, 0.15) is 56.5 Å². The number of aromatic nitrogens is 1. The van der Waals surface area contributed by atoms with E-state index >= 15 is 0 Å². The van der Waals surface area contributed by atoms with Crippen LogP contribution in [-0.4, -0.2) is 17.4 Å². The predicted molar refractivity (Wildman–Crippen MR) is 70.1 cm³/mol. The van der Waals surface area contributed by atoms with Crippen molar-refractivity contribution in [2.24, 2.45) is 17.6 Å². The largest absolute Gasteiger partial charge is 0.446 e. The molecular formula is C13H23N3O2. The normalized spacial score (nSPS) is 13.1. The molecule has 0 bridgehead atoms. The number of nitrogens with zero attached hydrogens (tertiary/aromatic N) is 1. The third-order valence-electron chi connectivity index (χ3n) is 2.47. The summed E-state index contributed by atoms with van der Waals surface area (Å²) in [6.45, 7) is 8.86. The lowest BCUT2D eigenvalue weighted by atomic mass is 10.0. The maximum atomic E-state index is 11.7. The molecule has 1 aromatic rings. The van der Waals surface area contributed by atoms with Gasteiger partial charge in [0.15, 0.2) is 5.69 Å². The number of amides is 1. The van der Waals surface area contributed by atoms with E-state index in [1.807, 2.05) is 13.8 Å². The highest BCUT2D eigenvalue weighted by atomic mass is 16.3. The molecule has 5 heteroatoms. The summed E-state index contributed by atoms with van der Waals surface area (Å²) in [5.41, 5.74) is 6.24. The molecule has 1 atom stereocenters. The first-order valence-corrected chi connectivity index (χ1v) is 6.39. The van der Waals surface area contributed by atoms with E-state index in [1.165, 1.54) is 6.26 Å². The summed E-state index contributed by atoms with van der Waals surface area (Å²) in [5.74, 6) is 1.09. The SMILES string of the molecule is CC(C)CNC(=O)c1coc(C(N)CC(C)C)n1. The summed E-state index contributed by atoms with van der Waals surface area (Å²) >= 11 is 0. The van der Waals surface area contributed by atoms with Crippen molar-refractivity contribution in [2.45, 2.75) is 40.2 Å². The van der Waals surface area contributed by atoms with Crippen molar-refractivity contribution in [1.29, 1.82) is 0 Å². The molecule has 0 saturated heterocycles. The Morgan fingerprint density at radius 3 is 2.61 bits per heavy atom. The van der Waals surface area contributed by atoms with E-state index in [4.69, 9.17) is 10.2 Å².